The molecular formula is C19H20ClFN2O5S2. The molecule has 0 saturated heterocycles. The van der Waals surface area contributed by atoms with E-state index in [2.05, 4.69) is 4.98 Å². The van der Waals surface area contributed by atoms with Gasteiger partial charge in [-0.2, -0.15) is 0 Å². The number of nitrogens with zero attached hydrogens (tertiary/aromatic N) is 2. The first-order valence-corrected chi connectivity index (χ1v) is 12.4. The molecule has 1 aromatic carbocycles. The number of pyridine rings is 1. The minimum Gasteiger partial charge on any atom is -0.504 e. The van der Waals surface area contributed by atoms with E-state index < -0.39 is 41.1 Å². The van der Waals surface area contributed by atoms with Crippen molar-refractivity contribution in [2.45, 2.75) is 25.5 Å². The van der Waals surface area contributed by atoms with Crippen LogP contribution in [0.1, 0.15) is 36.2 Å². The minimum atomic E-state index is -4.28. The molecule has 0 unspecified atom stereocenters. The van der Waals surface area contributed by atoms with Crippen molar-refractivity contribution in [3.8, 4) is 0 Å². The van der Waals surface area contributed by atoms with Gasteiger partial charge in [-0.05, 0) is 32.4 Å². The van der Waals surface area contributed by atoms with E-state index in [9.17, 15) is 26.3 Å². The minimum absolute atomic E-state index is 0.0143. The molecule has 30 heavy (non-hydrogen) atoms. The number of aromatic nitrogens is 1. The molecule has 0 atom stereocenters. The molecule has 3 rings (SSSR count). The van der Waals surface area contributed by atoms with Crippen molar-refractivity contribution in [1.29, 1.82) is 0 Å². The molecule has 0 saturated carbocycles. The summed E-state index contributed by atoms with van der Waals surface area (Å²) in [6.45, 7) is 4.38. The van der Waals surface area contributed by atoms with Gasteiger partial charge in [-0.25, -0.2) is 26.2 Å². The predicted octanol–water partition coefficient (Wildman–Crippen LogP) is 3.63. The van der Waals surface area contributed by atoms with Gasteiger partial charge in [-0.15, -0.1) is 0 Å². The average molecular weight is 475 g/mol. The van der Waals surface area contributed by atoms with Gasteiger partial charge < -0.3 is 5.11 Å². The molecule has 7 nitrogen and oxygen atoms in total. The first-order valence-electron chi connectivity index (χ1n) is 8.70. The zero-order valence-corrected chi connectivity index (χ0v) is 19.2. The van der Waals surface area contributed by atoms with E-state index in [4.69, 9.17) is 11.6 Å². The lowest BCUT2D eigenvalue weighted by Crippen LogP contribution is -2.35. The van der Waals surface area contributed by atoms with Crippen LogP contribution >= 0.6 is 11.6 Å². The Hall–Kier alpha value is -2.17. The summed E-state index contributed by atoms with van der Waals surface area (Å²) in [4.78, 5) is 3.39. The third-order valence-corrected chi connectivity index (χ3v) is 9.33. The van der Waals surface area contributed by atoms with Gasteiger partial charge in [0.15, 0.2) is 15.6 Å². The normalized spacial score (nSPS) is 17.6. The molecule has 0 aliphatic carbocycles. The van der Waals surface area contributed by atoms with Gasteiger partial charge in [0.2, 0.25) is 10.0 Å². The van der Waals surface area contributed by atoms with Gasteiger partial charge in [-0.3, -0.25) is 4.31 Å². The highest BCUT2D eigenvalue weighted by Gasteiger charge is 2.48. The molecule has 0 radical (unpaired) electrons. The molecule has 1 aromatic heterocycles. The van der Waals surface area contributed by atoms with Gasteiger partial charge in [0.1, 0.15) is 16.4 Å². The number of hydrogen-bond donors (Lipinski definition) is 1. The Labute approximate surface area is 179 Å². The number of rotatable bonds is 3. The SMILES string of the molecule is Cc1ccc(C2=C(O)c3ncc(F)cc3C(C)(C)S2(=O)=O)c(Cl)c1N(C)S(C)(=O)=O. The predicted molar refractivity (Wildman–Crippen MR) is 115 cm³/mol. The van der Waals surface area contributed by atoms with Crippen LogP contribution in [0.5, 0.6) is 0 Å². The highest BCUT2D eigenvalue weighted by atomic mass is 35.5. The summed E-state index contributed by atoms with van der Waals surface area (Å²) in [6.07, 6.45) is 1.86. The summed E-state index contributed by atoms with van der Waals surface area (Å²) in [5.74, 6) is -1.42. The summed E-state index contributed by atoms with van der Waals surface area (Å²) >= 11 is 6.49. The van der Waals surface area contributed by atoms with Crippen molar-refractivity contribution in [3.05, 3.63) is 57.6 Å². The molecule has 0 amide bonds. The summed E-state index contributed by atoms with van der Waals surface area (Å²) in [7, 11) is -6.68. The number of anilines is 1. The van der Waals surface area contributed by atoms with Crippen molar-refractivity contribution in [1.82, 2.24) is 4.98 Å². The zero-order valence-electron chi connectivity index (χ0n) is 16.9. The maximum absolute atomic E-state index is 13.8. The Kier molecular flexibility index (Phi) is 5.20. The Morgan fingerprint density at radius 1 is 1.27 bits per heavy atom. The second-order valence-corrected chi connectivity index (χ2v) is 12.4. The Bertz CT molecular complexity index is 1320. The molecule has 0 spiro atoms. The molecule has 0 fully saturated rings. The van der Waals surface area contributed by atoms with E-state index in [1.165, 1.54) is 33.0 Å². The number of aliphatic hydroxyl groups excluding tert-OH is 1. The standard InChI is InChI=1S/C19H20ClFN2O5S2/c1-10-6-7-12(14(20)16(10)23(4)29(5,25)26)18-17(24)15-13(8-11(21)9-22-15)19(2,3)30(18,27)28/h6-9,24H,1-5H3. The van der Waals surface area contributed by atoms with Crippen molar-refractivity contribution in [2.24, 2.45) is 0 Å². The van der Waals surface area contributed by atoms with Crippen LogP contribution in [0.4, 0.5) is 10.1 Å². The molecule has 11 heteroatoms. The number of aryl methyl sites for hydroxylation is 1. The fraction of sp³-hybridized carbons (Fsp3) is 0.316. The van der Waals surface area contributed by atoms with Crippen LogP contribution in [-0.4, -0.2) is 40.2 Å². The molecule has 2 aromatic rings. The Morgan fingerprint density at radius 2 is 1.87 bits per heavy atom. The van der Waals surface area contributed by atoms with E-state index in [1.54, 1.807) is 6.92 Å². The third-order valence-electron chi connectivity index (χ3n) is 5.26. The fourth-order valence-corrected chi connectivity index (χ4v) is 6.26. The largest absolute Gasteiger partial charge is 0.504 e. The van der Waals surface area contributed by atoms with Crippen LogP contribution in [0.3, 0.4) is 0 Å². The highest BCUT2D eigenvalue weighted by Crippen LogP contribution is 2.50. The first-order chi connectivity index (χ1) is 13.6. The second kappa shape index (κ2) is 6.93. The number of hydrogen-bond acceptors (Lipinski definition) is 6. The van der Waals surface area contributed by atoms with Crippen molar-refractivity contribution < 1.29 is 26.3 Å². The fourth-order valence-electron chi connectivity index (χ4n) is 3.38. The van der Waals surface area contributed by atoms with E-state index >= 15 is 0 Å². The van der Waals surface area contributed by atoms with E-state index in [0.717, 1.165) is 22.8 Å². The molecule has 2 heterocycles. The molecule has 0 bridgehead atoms. The molecular weight excluding hydrogens is 455 g/mol. The topological polar surface area (TPSA) is 105 Å². The van der Waals surface area contributed by atoms with Gasteiger partial charge in [0.05, 0.1) is 27.9 Å². The van der Waals surface area contributed by atoms with E-state index in [0.29, 0.717) is 5.56 Å². The summed E-state index contributed by atoms with van der Waals surface area (Å²) < 4.78 is 64.1. The highest BCUT2D eigenvalue weighted by molar-refractivity contribution is 8.01. The number of fused-ring (bicyclic) bond motifs is 1. The van der Waals surface area contributed by atoms with Crippen LogP contribution in [-0.2, 0) is 24.6 Å². The van der Waals surface area contributed by atoms with E-state index in [-0.39, 0.29) is 27.5 Å². The van der Waals surface area contributed by atoms with Crippen LogP contribution in [0.2, 0.25) is 5.02 Å². The molecule has 1 aliphatic heterocycles. The van der Waals surface area contributed by atoms with Gasteiger partial charge in [-0.1, -0.05) is 23.7 Å². The molecule has 1 aliphatic rings. The summed E-state index contributed by atoms with van der Waals surface area (Å²) in [6, 6.07) is 3.92. The van der Waals surface area contributed by atoms with Crippen molar-refractivity contribution in [2.75, 3.05) is 17.6 Å². The van der Waals surface area contributed by atoms with Gasteiger partial charge >= 0.3 is 0 Å². The second-order valence-electron chi connectivity index (χ2n) is 7.56. The lowest BCUT2D eigenvalue weighted by molar-refractivity contribution is 0.499. The monoisotopic (exact) mass is 474 g/mol. The summed E-state index contributed by atoms with van der Waals surface area (Å²) in [5.41, 5.74) is 0.434. The van der Waals surface area contributed by atoms with Crippen LogP contribution in [0.15, 0.2) is 24.4 Å². The summed E-state index contributed by atoms with van der Waals surface area (Å²) in [5, 5.41) is 10.7. The lowest BCUT2D eigenvalue weighted by atomic mass is 9.97. The molecule has 1 N–H and O–H groups in total. The van der Waals surface area contributed by atoms with Crippen molar-refractivity contribution >= 4 is 47.8 Å². The Morgan fingerprint density at radius 3 is 2.43 bits per heavy atom. The first kappa shape index (κ1) is 22.5. The van der Waals surface area contributed by atoms with Gasteiger partial charge in [0, 0.05) is 18.2 Å². The van der Waals surface area contributed by atoms with Crippen LogP contribution in [0, 0.1) is 12.7 Å². The van der Waals surface area contributed by atoms with Crippen molar-refractivity contribution in [3.63, 3.8) is 0 Å². The van der Waals surface area contributed by atoms with E-state index in [1.807, 2.05) is 0 Å². The maximum atomic E-state index is 13.8. The zero-order chi connectivity index (χ0) is 22.8. The van der Waals surface area contributed by atoms with Gasteiger partial charge in [0.25, 0.3) is 0 Å². The smallest absolute Gasteiger partial charge is 0.232 e. The van der Waals surface area contributed by atoms with Crippen LogP contribution in [0.25, 0.3) is 10.7 Å². The quantitative estimate of drug-likeness (QED) is 0.728. The Balaban J connectivity index is 2.44. The molecule has 162 valence electrons. The maximum Gasteiger partial charge on any atom is 0.232 e. The lowest BCUT2D eigenvalue weighted by Gasteiger charge is -2.33. The average Bonchev–Trinajstić information content (AvgIpc) is 2.61. The number of sulfonamides is 1. The number of sulfone groups is 1. The third kappa shape index (κ3) is 3.17. The number of halogens is 2. The number of benzene rings is 1. The number of aliphatic hydroxyl groups is 1. The van der Waals surface area contributed by atoms with Crippen LogP contribution < -0.4 is 4.31 Å².